The van der Waals surface area contributed by atoms with Gasteiger partial charge in [-0.15, -0.1) is 0 Å². The van der Waals surface area contributed by atoms with Crippen LogP contribution in [0.4, 0.5) is 0 Å². The Bertz CT molecular complexity index is 213. The average molecular weight is 256 g/mol. The Morgan fingerprint density at radius 1 is 1.28 bits per heavy atom. The van der Waals surface area contributed by atoms with Crippen LogP contribution in [0.2, 0.25) is 0 Å². The van der Waals surface area contributed by atoms with Crippen molar-refractivity contribution in [1.82, 2.24) is 4.90 Å². The van der Waals surface area contributed by atoms with E-state index in [1.807, 2.05) is 0 Å². The Balaban J connectivity index is 2.04. The highest BCUT2D eigenvalue weighted by Gasteiger charge is 2.17. The number of unbranched alkanes of at least 4 members (excludes halogenated alkanes) is 1. The molecule has 0 aromatic rings. The third kappa shape index (κ3) is 6.72. The molecule has 3 nitrogen and oxygen atoms in total. The smallest absolute Gasteiger partial charge is 0.0701 e. The van der Waals surface area contributed by atoms with Crippen molar-refractivity contribution in [2.75, 3.05) is 33.3 Å². The number of hydrogen-bond donors (Lipinski definition) is 1. The molecule has 0 aliphatic carbocycles. The van der Waals surface area contributed by atoms with Gasteiger partial charge in [0.1, 0.15) is 0 Å². The lowest BCUT2D eigenvalue weighted by Gasteiger charge is -2.28. The molecule has 108 valence electrons. The number of ether oxygens (including phenoxy) is 1. The van der Waals surface area contributed by atoms with Crippen LogP contribution in [0.1, 0.15) is 52.4 Å². The van der Waals surface area contributed by atoms with Gasteiger partial charge in [-0.05, 0) is 57.7 Å². The van der Waals surface area contributed by atoms with Gasteiger partial charge in [-0.1, -0.05) is 20.3 Å². The Morgan fingerprint density at radius 3 is 2.67 bits per heavy atom. The summed E-state index contributed by atoms with van der Waals surface area (Å²) in [5, 5.41) is 0. The van der Waals surface area contributed by atoms with E-state index in [4.69, 9.17) is 10.5 Å². The first-order chi connectivity index (χ1) is 8.53. The van der Waals surface area contributed by atoms with Crippen LogP contribution in [0.15, 0.2) is 0 Å². The molecule has 1 fully saturated rings. The van der Waals surface area contributed by atoms with Crippen molar-refractivity contribution >= 4 is 0 Å². The summed E-state index contributed by atoms with van der Waals surface area (Å²) >= 11 is 0. The van der Waals surface area contributed by atoms with Gasteiger partial charge in [0.05, 0.1) is 6.10 Å². The summed E-state index contributed by atoms with van der Waals surface area (Å²) in [6.45, 7) is 8.54. The zero-order valence-corrected chi connectivity index (χ0v) is 12.6. The second kappa shape index (κ2) is 8.13. The molecule has 0 amide bonds. The Hall–Kier alpha value is -0.120. The largest absolute Gasteiger partial charge is 0.377 e. The van der Waals surface area contributed by atoms with E-state index in [1.54, 1.807) is 0 Å². The molecule has 2 N–H and O–H groups in total. The van der Waals surface area contributed by atoms with Crippen LogP contribution in [-0.2, 0) is 4.74 Å². The van der Waals surface area contributed by atoms with Crippen molar-refractivity contribution in [3.63, 3.8) is 0 Å². The minimum Gasteiger partial charge on any atom is -0.377 e. The standard InChI is InChI=1S/C15H32N2O/c1-15(2,13-16)9-5-6-10-17(3)12-14-8-4-7-11-18-14/h14H,4-13,16H2,1-3H3. The van der Waals surface area contributed by atoms with E-state index in [0.717, 1.165) is 19.7 Å². The third-order valence-corrected chi connectivity index (χ3v) is 3.99. The first-order valence-corrected chi connectivity index (χ1v) is 7.54. The fourth-order valence-electron chi connectivity index (χ4n) is 2.48. The molecule has 1 aliphatic heterocycles. The van der Waals surface area contributed by atoms with Gasteiger partial charge in [-0.2, -0.15) is 0 Å². The molecule has 1 heterocycles. The summed E-state index contributed by atoms with van der Waals surface area (Å²) in [7, 11) is 2.21. The van der Waals surface area contributed by atoms with Crippen LogP contribution in [-0.4, -0.2) is 44.3 Å². The lowest BCUT2D eigenvalue weighted by molar-refractivity contribution is -0.00168. The third-order valence-electron chi connectivity index (χ3n) is 3.99. The number of rotatable bonds is 8. The normalized spacial score (nSPS) is 21.5. The first kappa shape index (κ1) is 15.9. The van der Waals surface area contributed by atoms with Gasteiger partial charge in [0.2, 0.25) is 0 Å². The van der Waals surface area contributed by atoms with Gasteiger partial charge in [0.25, 0.3) is 0 Å². The number of nitrogens with two attached hydrogens (primary N) is 1. The summed E-state index contributed by atoms with van der Waals surface area (Å²) in [4.78, 5) is 2.42. The molecular weight excluding hydrogens is 224 g/mol. The van der Waals surface area contributed by atoms with Gasteiger partial charge < -0.3 is 15.4 Å². The highest BCUT2D eigenvalue weighted by atomic mass is 16.5. The van der Waals surface area contributed by atoms with Crippen LogP contribution in [0.3, 0.4) is 0 Å². The van der Waals surface area contributed by atoms with E-state index in [-0.39, 0.29) is 0 Å². The highest BCUT2D eigenvalue weighted by molar-refractivity contribution is 4.70. The summed E-state index contributed by atoms with van der Waals surface area (Å²) in [5.41, 5.74) is 6.06. The molecule has 0 aromatic carbocycles. The second-order valence-corrected chi connectivity index (χ2v) is 6.58. The lowest BCUT2D eigenvalue weighted by atomic mass is 9.87. The number of nitrogens with zero attached hydrogens (tertiary/aromatic N) is 1. The topological polar surface area (TPSA) is 38.5 Å². The average Bonchev–Trinajstić information content (AvgIpc) is 2.36. The monoisotopic (exact) mass is 256 g/mol. The van der Waals surface area contributed by atoms with Gasteiger partial charge in [-0.3, -0.25) is 0 Å². The summed E-state index contributed by atoms with van der Waals surface area (Å²) in [5.74, 6) is 0. The SMILES string of the molecule is CN(CCCCC(C)(C)CN)CC1CCCCO1. The highest BCUT2D eigenvalue weighted by Crippen LogP contribution is 2.21. The molecule has 0 bridgehead atoms. The van der Waals surface area contributed by atoms with Crippen molar-refractivity contribution in [2.24, 2.45) is 11.1 Å². The Labute approximate surface area is 113 Å². The maximum Gasteiger partial charge on any atom is 0.0701 e. The lowest BCUT2D eigenvalue weighted by Crippen LogP contribution is -2.34. The van der Waals surface area contributed by atoms with Crippen LogP contribution >= 0.6 is 0 Å². The summed E-state index contributed by atoms with van der Waals surface area (Å²) < 4.78 is 5.77. The predicted octanol–water partition coefficient (Wildman–Crippen LogP) is 2.64. The Morgan fingerprint density at radius 2 is 2.06 bits per heavy atom. The van der Waals surface area contributed by atoms with E-state index in [9.17, 15) is 0 Å². The minimum absolute atomic E-state index is 0.311. The van der Waals surface area contributed by atoms with Crippen molar-refractivity contribution < 1.29 is 4.74 Å². The quantitative estimate of drug-likeness (QED) is 0.679. The number of likely N-dealkylation sites (N-methyl/N-ethyl adjacent to an activating group) is 1. The van der Waals surface area contributed by atoms with Crippen molar-refractivity contribution in [2.45, 2.75) is 58.5 Å². The van der Waals surface area contributed by atoms with Crippen LogP contribution in [0.25, 0.3) is 0 Å². The molecule has 1 saturated heterocycles. The van der Waals surface area contributed by atoms with E-state index in [1.165, 1.54) is 45.1 Å². The predicted molar refractivity (Wildman–Crippen MR) is 77.8 cm³/mol. The maximum absolute atomic E-state index is 5.77. The molecule has 1 aliphatic rings. The van der Waals surface area contributed by atoms with Crippen molar-refractivity contribution in [1.29, 1.82) is 0 Å². The van der Waals surface area contributed by atoms with Crippen LogP contribution in [0, 0.1) is 5.41 Å². The maximum atomic E-state index is 5.77. The van der Waals surface area contributed by atoms with Crippen LogP contribution in [0.5, 0.6) is 0 Å². The van der Waals surface area contributed by atoms with Gasteiger partial charge in [-0.25, -0.2) is 0 Å². The fourth-order valence-corrected chi connectivity index (χ4v) is 2.48. The van der Waals surface area contributed by atoms with Crippen molar-refractivity contribution in [3.05, 3.63) is 0 Å². The molecule has 1 unspecified atom stereocenters. The molecule has 0 saturated carbocycles. The van der Waals surface area contributed by atoms with Crippen LogP contribution < -0.4 is 5.73 Å². The van der Waals surface area contributed by atoms with Crippen molar-refractivity contribution in [3.8, 4) is 0 Å². The molecule has 18 heavy (non-hydrogen) atoms. The van der Waals surface area contributed by atoms with E-state index in [2.05, 4.69) is 25.8 Å². The van der Waals surface area contributed by atoms with E-state index >= 15 is 0 Å². The van der Waals surface area contributed by atoms with E-state index < -0.39 is 0 Å². The van der Waals surface area contributed by atoms with Gasteiger partial charge >= 0.3 is 0 Å². The summed E-state index contributed by atoms with van der Waals surface area (Å²) in [6, 6.07) is 0. The second-order valence-electron chi connectivity index (χ2n) is 6.58. The summed E-state index contributed by atoms with van der Waals surface area (Å²) in [6.07, 6.45) is 8.08. The molecular formula is C15H32N2O. The zero-order chi connectivity index (χ0) is 13.4. The number of hydrogen-bond acceptors (Lipinski definition) is 3. The fraction of sp³-hybridized carbons (Fsp3) is 1.00. The zero-order valence-electron chi connectivity index (χ0n) is 12.6. The minimum atomic E-state index is 0.311. The van der Waals surface area contributed by atoms with Gasteiger partial charge in [0.15, 0.2) is 0 Å². The molecule has 0 aromatic heterocycles. The van der Waals surface area contributed by atoms with E-state index in [0.29, 0.717) is 11.5 Å². The molecule has 1 atom stereocenters. The Kier molecular flexibility index (Phi) is 7.20. The first-order valence-electron chi connectivity index (χ1n) is 7.54. The van der Waals surface area contributed by atoms with Gasteiger partial charge in [0, 0.05) is 13.2 Å². The molecule has 3 heteroatoms. The molecule has 1 rings (SSSR count). The molecule has 0 spiro atoms. The molecule has 0 radical (unpaired) electrons.